The van der Waals surface area contributed by atoms with Gasteiger partial charge in [-0.25, -0.2) is 9.97 Å². The highest BCUT2D eigenvalue weighted by Gasteiger charge is 2.18. The van der Waals surface area contributed by atoms with Crippen molar-refractivity contribution in [2.75, 3.05) is 18.4 Å². The van der Waals surface area contributed by atoms with Crippen molar-refractivity contribution in [3.63, 3.8) is 0 Å². The third-order valence-corrected chi connectivity index (χ3v) is 6.88. The highest BCUT2D eigenvalue weighted by atomic mass is 35.5. The van der Waals surface area contributed by atoms with E-state index in [-0.39, 0.29) is 5.91 Å². The predicted octanol–water partition coefficient (Wildman–Crippen LogP) is 5.32. The van der Waals surface area contributed by atoms with Crippen LogP contribution in [0.25, 0.3) is 0 Å². The predicted molar refractivity (Wildman–Crippen MR) is 122 cm³/mol. The quantitative estimate of drug-likeness (QED) is 0.515. The van der Waals surface area contributed by atoms with Crippen LogP contribution in [0.15, 0.2) is 35.0 Å². The van der Waals surface area contributed by atoms with Crippen LogP contribution in [0.1, 0.15) is 41.0 Å². The summed E-state index contributed by atoms with van der Waals surface area (Å²) in [5.41, 5.74) is 1.37. The molecule has 2 aromatic heterocycles. The van der Waals surface area contributed by atoms with Crippen molar-refractivity contribution in [2.24, 2.45) is 5.92 Å². The minimum atomic E-state index is -0.253. The first-order chi connectivity index (χ1) is 14.5. The van der Waals surface area contributed by atoms with Crippen molar-refractivity contribution in [1.82, 2.24) is 14.9 Å². The summed E-state index contributed by atoms with van der Waals surface area (Å²) in [5, 5.41) is 8.60. The molecule has 9 heteroatoms. The fourth-order valence-corrected chi connectivity index (χ4v) is 4.71. The number of carbonyl (C=O) groups is 1. The molecular formula is C21H23ClN4O2S2. The van der Waals surface area contributed by atoms with Crippen LogP contribution in [0.4, 0.5) is 5.13 Å². The molecule has 3 heterocycles. The smallest absolute Gasteiger partial charge is 0.276 e. The third-order valence-electron chi connectivity index (χ3n) is 4.99. The van der Waals surface area contributed by atoms with Crippen LogP contribution in [0.5, 0.6) is 5.75 Å². The van der Waals surface area contributed by atoms with Gasteiger partial charge in [0.1, 0.15) is 23.1 Å². The minimum Gasteiger partial charge on any atom is -0.486 e. The van der Waals surface area contributed by atoms with Crippen molar-refractivity contribution in [3.05, 3.63) is 56.4 Å². The van der Waals surface area contributed by atoms with Gasteiger partial charge in [-0.05, 0) is 56.1 Å². The second-order valence-corrected chi connectivity index (χ2v) is 9.66. The molecule has 0 radical (unpaired) electrons. The Morgan fingerprint density at radius 3 is 2.73 bits per heavy atom. The van der Waals surface area contributed by atoms with Crippen molar-refractivity contribution in [2.45, 2.75) is 32.9 Å². The zero-order valence-corrected chi connectivity index (χ0v) is 19.0. The highest BCUT2D eigenvalue weighted by Crippen LogP contribution is 2.22. The van der Waals surface area contributed by atoms with E-state index in [1.54, 1.807) is 29.6 Å². The molecule has 1 N–H and O–H groups in total. The largest absolute Gasteiger partial charge is 0.486 e. The number of piperidine rings is 1. The fourth-order valence-electron chi connectivity index (χ4n) is 3.20. The van der Waals surface area contributed by atoms with Gasteiger partial charge < -0.3 is 4.74 Å². The van der Waals surface area contributed by atoms with Gasteiger partial charge in [0, 0.05) is 22.3 Å². The maximum atomic E-state index is 12.5. The monoisotopic (exact) mass is 462 g/mol. The first-order valence-corrected chi connectivity index (χ1v) is 12.0. The number of likely N-dealkylation sites (tertiary alicyclic amines) is 1. The molecule has 0 saturated carbocycles. The Hall–Kier alpha value is -2.00. The van der Waals surface area contributed by atoms with E-state index in [4.69, 9.17) is 16.3 Å². The summed E-state index contributed by atoms with van der Waals surface area (Å²) in [6.07, 6.45) is 2.48. The number of hydrogen-bond acceptors (Lipinski definition) is 7. The first-order valence-electron chi connectivity index (χ1n) is 9.86. The summed E-state index contributed by atoms with van der Waals surface area (Å²) in [6, 6.07) is 7.14. The topological polar surface area (TPSA) is 67.4 Å². The number of benzene rings is 1. The second kappa shape index (κ2) is 9.87. The lowest BCUT2D eigenvalue weighted by Crippen LogP contribution is -2.32. The Balaban J connectivity index is 1.28. The summed E-state index contributed by atoms with van der Waals surface area (Å²) in [6.45, 7) is 5.67. The molecule has 1 aliphatic heterocycles. The van der Waals surface area contributed by atoms with Crippen LogP contribution in [0, 0.1) is 5.92 Å². The molecule has 0 unspecified atom stereocenters. The van der Waals surface area contributed by atoms with Crippen LogP contribution in [0.3, 0.4) is 0 Å². The first kappa shape index (κ1) is 21.2. The number of carbonyl (C=O) groups excluding carboxylic acids is 1. The molecule has 30 heavy (non-hydrogen) atoms. The highest BCUT2D eigenvalue weighted by molar-refractivity contribution is 7.14. The fraction of sp³-hybridized carbons (Fsp3) is 0.381. The zero-order valence-electron chi connectivity index (χ0n) is 16.6. The number of nitrogens with one attached hydrogen (secondary N) is 1. The van der Waals surface area contributed by atoms with Gasteiger partial charge in [-0.1, -0.05) is 18.5 Å². The van der Waals surface area contributed by atoms with Gasteiger partial charge in [-0.3, -0.25) is 15.0 Å². The van der Waals surface area contributed by atoms with Gasteiger partial charge in [0.25, 0.3) is 5.91 Å². The summed E-state index contributed by atoms with van der Waals surface area (Å²) in [7, 11) is 0. The minimum absolute atomic E-state index is 0.253. The van der Waals surface area contributed by atoms with Crippen LogP contribution < -0.4 is 10.1 Å². The molecule has 1 saturated heterocycles. The van der Waals surface area contributed by atoms with Gasteiger partial charge in [0.2, 0.25) is 0 Å². The Labute approximate surface area is 188 Å². The number of aromatic nitrogens is 2. The molecule has 0 bridgehead atoms. The average Bonchev–Trinajstić information content (AvgIpc) is 3.39. The van der Waals surface area contributed by atoms with Gasteiger partial charge in [0.05, 0.1) is 5.69 Å². The maximum Gasteiger partial charge on any atom is 0.276 e. The summed E-state index contributed by atoms with van der Waals surface area (Å²) in [5.74, 6) is 1.27. The molecule has 1 fully saturated rings. The number of hydrogen-bond donors (Lipinski definition) is 1. The Kier molecular flexibility index (Phi) is 6.99. The van der Waals surface area contributed by atoms with Crippen LogP contribution in [-0.2, 0) is 13.2 Å². The Bertz CT molecular complexity index is 981. The van der Waals surface area contributed by atoms with Crippen LogP contribution >= 0.6 is 34.3 Å². The number of thiazole rings is 2. The lowest BCUT2D eigenvalue weighted by Gasteiger charge is -2.29. The zero-order chi connectivity index (χ0) is 20.9. The van der Waals surface area contributed by atoms with E-state index < -0.39 is 0 Å². The lowest BCUT2D eigenvalue weighted by molar-refractivity contribution is 0.102. The molecule has 3 aromatic rings. The number of amides is 1. The Morgan fingerprint density at radius 2 is 1.97 bits per heavy atom. The van der Waals surface area contributed by atoms with Gasteiger partial charge >= 0.3 is 0 Å². The molecule has 6 nitrogen and oxygen atoms in total. The van der Waals surface area contributed by atoms with E-state index in [9.17, 15) is 4.79 Å². The van der Waals surface area contributed by atoms with E-state index in [2.05, 4.69) is 27.1 Å². The molecule has 158 valence electrons. The molecule has 0 spiro atoms. The van der Waals surface area contributed by atoms with E-state index in [0.717, 1.165) is 36.3 Å². The van der Waals surface area contributed by atoms with Crippen molar-refractivity contribution >= 4 is 45.3 Å². The molecule has 1 aliphatic rings. The van der Waals surface area contributed by atoms with E-state index in [0.29, 0.717) is 28.2 Å². The van der Waals surface area contributed by atoms with Crippen molar-refractivity contribution < 1.29 is 9.53 Å². The number of ether oxygens (including phenoxy) is 1. The van der Waals surface area contributed by atoms with E-state index in [1.165, 1.54) is 35.5 Å². The normalized spacial score (nSPS) is 15.3. The number of halogens is 1. The Morgan fingerprint density at radius 1 is 1.20 bits per heavy atom. The molecule has 1 aromatic carbocycles. The SMILES string of the molecule is CC1CCN(Cc2csc(NC(=O)c3csc(COc4ccc(Cl)cc4)n3)n2)CC1. The molecule has 1 amide bonds. The van der Waals surface area contributed by atoms with Gasteiger partial charge in [-0.15, -0.1) is 22.7 Å². The van der Waals surface area contributed by atoms with Crippen LogP contribution in [0.2, 0.25) is 5.02 Å². The maximum absolute atomic E-state index is 12.5. The average molecular weight is 463 g/mol. The van der Waals surface area contributed by atoms with Gasteiger partial charge in [-0.2, -0.15) is 0 Å². The standard InChI is InChI=1S/C21H23ClN4O2S2/c1-14-6-8-26(9-7-14)10-16-12-30-21(23-16)25-20(27)18-13-29-19(24-18)11-28-17-4-2-15(22)3-5-17/h2-5,12-14H,6-11H2,1H3,(H,23,25,27). The third kappa shape index (κ3) is 5.78. The van der Waals surface area contributed by atoms with Crippen molar-refractivity contribution in [1.29, 1.82) is 0 Å². The van der Waals surface area contributed by atoms with Crippen LogP contribution in [-0.4, -0.2) is 33.9 Å². The molecular weight excluding hydrogens is 440 g/mol. The summed E-state index contributed by atoms with van der Waals surface area (Å²) < 4.78 is 5.68. The summed E-state index contributed by atoms with van der Waals surface area (Å²) >= 11 is 8.71. The van der Waals surface area contributed by atoms with E-state index >= 15 is 0 Å². The molecule has 0 atom stereocenters. The molecule has 4 rings (SSSR count). The second-order valence-electron chi connectivity index (χ2n) is 7.43. The molecule has 0 aliphatic carbocycles. The summed E-state index contributed by atoms with van der Waals surface area (Å²) in [4.78, 5) is 23.9. The number of rotatable bonds is 7. The lowest BCUT2D eigenvalue weighted by atomic mass is 9.99. The number of anilines is 1. The van der Waals surface area contributed by atoms with Crippen molar-refractivity contribution in [3.8, 4) is 5.75 Å². The van der Waals surface area contributed by atoms with E-state index in [1.807, 2.05) is 5.38 Å². The number of nitrogens with zero attached hydrogens (tertiary/aromatic N) is 3. The van der Waals surface area contributed by atoms with Gasteiger partial charge in [0.15, 0.2) is 5.13 Å².